The Morgan fingerprint density at radius 1 is 1.17 bits per heavy atom. The van der Waals surface area contributed by atoms with Crippen LogP contribution in [0.5, 0.6) is 5.75 Å². The Morgan fingerprint density at radius 2 is 1.92 bits per heavy atom. The van der Waals surface area contributed by atoms with E-state index in [1.165, 1.54) is 6.21 Å². The second-order valence-electron chi connectivity index (χ2n) is 5.22. The van der Waals surface area contributed by atoms with Gasteiger partial charge in [-0.15, -0.1) is 0 Å². The second kappa shape index (κ2) is 9.03. The first-order valence-corrected chi connectivity index (χ1v) is 8.28. The van der Waals surface area contributed by atoms with Gasteiger partial charge in [-0.2, -0.15) is 5.10 Å². The quantitative estimate of drug-likeness (QED) is 0.596. The number of benzene rings is 2. The number of hydrazone groups is 1. The molecule has 5 heteroatoms. The average Bonchev–Trinajstić information content (AvgIpc) is 2.57. The van der Waals surface area contributed by atoms with Gasteiger partial charge in [0, 0.05) is 4.48 Å². The molecule has 0 saturated carbocycles. The molecule has 0 atom stereocenters. The summed E-state index contributed by atoms with van der Waals surface area (Å²) in [5.41, 5.74) is 5.64. The fourth-order valence-electron chi connectivity index (χ4n) is 1.97. The molecule has 2 aromatic carbocycles. The van der Waals surface area contributed by atoms with Crippen LogP contribution in [0.4, 0.5) is 0 Å². The molecule has 0 radical (unpaired) electrons. The molecule has 1 amide bonds. The molecule has 0 aliphatic rings. The molecule has 1 N–H and O–H groups in total. The number of rotatable bonds is 6. The first-order valence-electron chi connectivity index (χ1n) is 7.49. The molecular formula is C19H19BrN2O2. The van der Waals surface area contributed by atoms with Crippen molar-refractivity contribution in [1.29, 1.82) is 0 Å². The first kappa shape index (κ1) is 17.9. The lowest BCUT2D eigenvalue weighted by molar-refractivity contribution is -0.123. The summed E-state index contributed by atoms with van der Waals surface area (Å²) >= 11 is 3.39. The molecule has 0 aromatic heterocycles. The molecule has 0 spiro atoms. The third kappa shape index (κ3) is 5.66. The van der Waals surface area contributed by atoms with Crippen molar-refractivity contribution in [2.45, 2.75) is 13.8 Å². The summed E-state index contributed by atoms with van der Waals surface area (Å²) in [4.78, 5) is 11.8. The number of hydrogen-bond donors (Lipinski definition) is 1. The van der Waals surface area contributed by atoms with Crippen LogP contribution in [0.25, 0.3) is 6.08 Å². The van der Waals surface area contributed by atoms with Crippen molar-refractivity contribution in [3.8, 4) is 5.75 Å². The van der Waals surface area contributed by atoms with E-state index in [9.17, 15) is 4.79 Å². The van der Waals surface area contributed by atoms with Gasteiger partial charge < -0.3 is 4.74 Å². The Labute approximate surface area is 150 Å². The van der Waals surface area contributed by atoms with Crippen molar-refractivity contribution in [3.05, 3.63) is 69.7 Å². The molecule has 124 valence electrons. The zero-order valence-corrected chi connectivity index (χ0v) is 15.2. The third-order valence-corrected chi connectivity index (χ3v) is 3.83. The van der Waals surface area contributed by atoms with Crippen LogP contribution in [0.2, 0.25) is 0 Å². The maximum Gasteiger partial charge on any atom is 0.277 e. The summed E-state index contributed by atoms with van der Waals surface area (Å²) < 4.78 is 6.27. The van der Waals surface area contributed by atoms with Crippen LogP contribution in [0.3, 0.4) is 0 Å². The maximum atomic E-state index is 11.8. The zero-order valence-electron chi connectivity index (χ0n) is 13.6. The van der Waals surface area contributed by atoms with Crippen LogP contribution < -0.4 is 10.2 Å². The Hall–Kier alpha value is -2.40. The number of hydrogen-bond acceptors (Lipinski definition) is 3. The summed E-state index contributed by atoms with van der Waals surface area (Å²) in [6, 6.07) is 15.6. The van der Waals surface area contributed by atoms with E-state index in [1.54, 1.807) is 0 Å². The lowest BCUT2D eigenvalue weighted by Crippen LogP contribution is -2.24. The molecule has 4 nitrogen and oxygen atoms in total. The maximum absolute atomic E-state index is 11.8. The number of halogens is 1. The van der Waals surface area contributed by atoms with Gasteiger partial charge >= 0.3 is 0 Å². The highest BCUT2D eigenvalue weighted by Gasteiger charge is 2.05. The molecule has 0 aliphatic heterocycles. The van der Waals surface area contributed by atoms with Crippen LogP contribution in [-0.2, 0) is 4.79 Å². The molecule has 2 rings (SSSR count). The van der Waals surface area contributed by atoms with E-state index in [-0.39, 0.29) is 12.5 Å². The summed E-state index contributed by atoms with van der Waals surface area (Å²) in [5, 5.41) is 3.90. The zero-order chi connectivity index (χ0) is 17.4. The van der Waals surface area contributed by atoms with Crippen molar-refractivity contribution in [1.82, 2.24) is 5.43 Å². The van der Waals surface area contributed by atoms with Crippen molar-refractivity contribution in [2.24, 2.45) is 5.10 Å². The van der Waals surface area contributed by atoms with E-state index in [2.05, 4.69) is 26.5 Å². The minimum Gasteiger partial charge on any atom is -0.483 e. The average molecular weight is 387 g/mol. The highest BCUT2D eigenvalue weighted by Crippen LogP contribution is 2.20. The monoisotopic (exact) mass is 386 g/mol. The molecule has 2 aromatic rings. The van der Waals surface area contributed by atoms with Crippen molar-refractivity contribution in [2.75, 3.05) is 6.61 Å². The molecular weight excluding hydrogens is 368 g/mol. The van der Waals surface area contributed by atoms with E-state index in [0.717, 1.165) is 21.2 Å². The normalized spacial score (nSPS) is 11.5. The van der Waals surface area contributed by atoms with Crippen molar-refractivity contribution in [3.63, 3.8) is 0 Å². The largest absolute Gasteiger partial charge is 0.483 e. The number of nitrogens with zero attached hydrogens (tertiary/aromatic N) is 1. The number of allylic oxidation sites excluding steroid dienone is 1. The minimum absolute atomic E-state index is 0.0817. The molecule has 24 heavy (non-hydrogen) atoms. The highest BCUT2D eigenvalue weighted by molar-refractivity contribution is 9.12. The van der Waals surface area contributed by atoms with E-state index in [0.29, 0.717) is 5.75 Å². The lowest BCUT2D eigenvalue weighted by atomic mass is 10.1. The topological polar surface area (TPSA) is 50.7 Å². The molecule has 0 bridgehead atoms. The van der Waals surface area contributed by atoms with Crippen molar-refractivity contribution >= 4 is 34.1 Å². The fourth-order valence-corrected chi connectivity index (χ4v) is 2.33. The van der Waals surface area contributed by atoms with Gasteiger partial charge in [-0.25, -0.2) is 5.43 Å². The smallest absolute Gasteiger partial charge is 0.277 e. The predicted octanol–water partition coefficient (Wildman–Crippen LogP) is 4.22. The molecule has 0 saturated heterocycles. The van der Waals surface area contributed by atoms with Gasteiger partial charge in [0.2, 0.25) is 0 Å². The van der Waals surface area contributed by atoms with Crippen molar-refractivity contribution < 1.29 is 9.53 Å². The van der Waals surface area contributed by atoms with Crippen LogP contribution >= 0.6 is 15.9 Å². The Kier molecular flexibility index (Phi) is 6.75. The van der Waals surface area contributed by atoms with Gasteiger partial charge in [0.05, 0.1) is 6.21 Å². The molecule has 0 unspecified atom stereocenters. The van der Waals surface area contributed by atoms with E-state index in [4.69, 9.17) is 4.74 Å². The number of aryl methyl sites for hydroxylation is 1. The number of nitrogens with one attached hydrogen (secondary N) is 1. The predicted molar refractivity (Wildman–Crippen MR) is 101 cm³/mol. The second-order valence-corrected chi connectivity index (χ2v) is 6.14. The third-order valence-electron chi connectivity index (χ3n) is 3.39. The number of carbonyl (C=O) groups is 1. The van der Waals surface area contributed by atoms with E-state index in [1.807, 2.05) is 68.5 Å². The summed E-state index contributed by atoms with van der Waals surface area (Å²) in [5.74, 6) is 0.395. The SMILES string of the molecule is Cc1cccc(OCC(=O)NN=CC(Br)=Cc2ccccc2)c1C. The lowest BCUT2D eigenvalue weighted by Gasteiger charge is -2.09. The van der Waals surface area contributed by atoms with E-state index >= 15 is 0 Å². The minimum atomic E-state index is -0.313. The van der Waals surface area contributed by atoms with Gasteiger partial charge in [-0.1, -0.05) is 42.5 Å². The number of carbonyl (C=O) groups excluding carboxylic acids is 1. The standard InChI is InChI=1S/C19H19BrN2O2/c1-14-7-6-10-18(15(14)2)24-13-19(23)22-21-12-17(20)11-16-8-4-3-5-9-16/h3-12H,13H2,1-2H3,(H,22,23). The summed E-state index contributed by atoms with van der Waals surface area (Å²) in [6.45, 7) is 3.89. The van der Waals surface area contributed by atoms with Gasteiger partial charge in [-0.05, 0) is 58.6 Å². The van der Waals surface area contributed by atoms with Gasteiger partial charge in [0.15, 0.2) is 6.61 Å². The summed E-state index contributed by atoms with van der Waals surface area (Å²) in [6.07, 6.45) is 3.44. The van der Waals surface area contributed by atoms with Gasteiger partial charge in [-0.3, -0.25) is 4.79 Å². The molecule has 0 heterocycles. The van der Waals surface area contributed by atoms with E-state index < -0.39 is 0 Å². The highest BCUT2D eigenvalue weighted by atomic mass is 79.9. The number of amides is 1. The van der Waals surface area contributed by atoms with Crippen LogP contribution in [0.1, 0.15) is 16.7 Å². The van der Waals surface area contributed by atoms with Crippen LogP contribution in [-0.4, -0.2) is 18.7 Å². The molecule has 0 aliphatic carbocycles. The van der Waals surface area contributed by atoms with Crippen LogP contribution in [0, 0.1) is 13.8 Å². The number of ether oxygens (including phenoxy) is 1. The van der Waals surface area contributed by atoms with Gasteiger partial charge in [0.1, 0.15) is 5.75 Å². The summed E-state index contributed by atoms with van der Waals surface area (Å²) in [7, 11) is 0. The first-order chi connectivity index (χ1) is 11.6. The van der Waals surface area contributed by atoms with Crippen LogP contribution in [0.15, 0.2) is 58.1 Å². The van der Waals surface area contributed by atoms with Gasteiger partial charge in [0.25, 0.3) is 5.91 Å². The molecule has 0 fully saturated rings. The fraction of sp³-hybridized carbons (Fsp3) is 0.158. The Bertz CT molecular complexity index is 755. The Balaban J connectivity index is 1.82. The Morgan fingerprint density at radius 3 is 2.67 bits per heavy atom.